The largest absolute Gasteiger partial charge is 0.351 e. The van der Waals surface area contributed by atoms with E-state index in [0.717, 1.165) is 28.7 Å². The minimum atomic E-state index is -0.102. The van der Waals surface area contributed by atoms with Crippen LogP contribution in [0.1, 0.15) is 24.0 Å². The van der Waals surface area contributed by atoms with Gasteiger partial charge in [-0.05, 0) is 48.7 Å². The summed E-state index contributed by atoms with van der Waals surface area (Å²) in [6, 6.07) is 8.08. The van der Waals surface area contributed by atoms with Crippen molar-refractivity contribution in [3.05, 3.63) is 40.3 Å². The van der Waals surface area contributed by atoms with Gasteiger partial charge in [-0.3, -0.25) is 4.79 Å². The fourth-order valence-corrected chi connectivity index (χ4v) is 3.29. The molecule has 0 saturated carbocycles. The summed E-state index contributed by atoms with van der Waals surface area (Å²) < 4.78 is 0. The molecule has 1 amide bonds. The van der Waals surface area contributed by atoms with Gasteiger partial charge >= 0.3 is 0 Å². The van der Waals surface area contributed by atoms with Crippen LogP contribution in [0.15, 0.2) is 34.2 Å². The van der Waals surface area contributed by atoms with E-state index in [4.69, 9.17) is 0 Å². The van der Waals surface area contributed by atoms with E-state index in [-0.39, 0.29) is 5.91 Å². The molecule has 1 saturated heterocycles. The number of likely N-dealkylation sites (tertiary alicyclic amines) is 1. The van der Waals surface area contributed by atoms with Crippen molar-refractivity contribution >= 4 is 28.9 Å². The lowest BCUT2D eigenvalue weighted by Crippen LogP contribution is -2.23. The maximum Gasteiger partial charge on any atom is 0.286 e. The smallest absolute Gasteiger partial charge is 0.286 e. The predicted molar refractivity (Wildman–Crippen MR) is 80.0 cm³/mol. The minimum absolute atomic E-state index is 0.102. The highest BCUT2D eigenvalue weighted by molar-refractivity contribution is 8.18. The summed E-state index contributed by atoms with van der Waals surface area (Å²) in [6.45, 7) is 4.10. The highest BCUT2D eigenvalue weighted by Crippen LogP contribution is 2.31. The van der Waals surface area contributed by atoms with E-state index in [1.54, 1.807) is 0 Å². The molecule has 0 aliphatic carbocycles. The topological polar surface area (TPSA) is 32.7 Å². The zero-order chi connectivity index (χ0) is 13.2. The molecule has 2 aliphatic rings. The number of thioether (sulfide) groups is 1. The van der Waals surface area contributed by atoms with Gasteiger partial charge in [0.1, 0.15) is 0 Å². The third-order valence-electron chi connectivity index (χ3n) is 3.46. The van der Waals surface area contributed by atoms with Gasteiger partial charge in [0, 0.05) is 13.1 Å². The van der Waals surface area contributed by atoms with Crippen molar-refractivity contribution in [1.82, 2.24) is 4.90 Å². The number of benzene rings is 1. The Morgan fingerprint density at radius 2 is 2.00 bits per heavy atom. The first-order valence-electron chi connectivity index (χ1n) is 6.57. The number of nitrogens with zero attached hydrogens (tertiary/aromatic N) is 2. The number of aryl methyl sites for hydroxylation is 1. The summed E-state index contributed by atoms with van der Waals surface area (Å²) in [5.41, 5.74) is 2.27. The molecule has 1 aromatic carbocycles. The maximum atomic E-state index is 12.0. The molecule has 1 aromatic rings. The summed E-state index contributed by atoms with van der Waals surface area (Å²) in [7, 11) is 0. The Labute approximate surface area is 117 Å². The van der Waals surface area contributed by atoms with Crippen molar-refractivity contribution in [3.63, 3.8) is 0 Å². The van der Waals surface area contributed by atoms with Gasteiger partial charge in [0.2, 0.25) is 0 Å². The van der Waals surface area contributed by atoms with E-state index < -0.39 is 0 Å². The molecule has 0 atom stereocenters. The molecule has 0 spiro atoms. The Morgan fingerprint density at radius 1 is 1.26 bits per heavy atom. The molecule has 2 aliphatic heterocycles. The highest BCUT2D eigenvalue weighted by atomic mass is 32.2. The molecule has 19 heavy (non-hydrogen) atoms. The number of carbonyl (C=O) groups excluding carboxylic acids is 1. The van der Waals surface area contributed by atoms with Crippen LogP contribution >= 0.6 is 11.8 Å². The first kappa shape index (κ1) is 12.5. The molecule has 0 radical (unpaired) electrons. The summed E-state index contributed by atoms with van der Waals surface area (Å²) in [5, 5.41) is 0.877. The molecule has 0 N–H and O–H groups in total. The van der Waals surface area contributed by atoms with Gasteiger partial charge in [-0.1, -0.05) is 24.3 Å². The first-order chi connectivity index (χ1) is 9.24. The first-order valence-corrected chi connectivity index (χ1v) is 7.39. The molecule has 0 unspecified atom stereocenters. The van der Waals surface area contributed by atoms with Crippen molar-refractivity contribution in [3.8, 4) is 0 Å². The Kier molecular flexibility index (Phi) is 3.42. The third kappa shape index (κ3) is 2.59. The lowest BCUT2D eigenvalue weighted by Gasteiger charge is -2.14. The van der Waals surface area contributed by atoms with Crippen LogP contribution in [0.5, 0.6) is 0 Å². The van der Waals surface area contributed by atoms with Crippen molar-refractivity contribution in [2.45, 2.75) is 19.8 Å². The van der Waals surface area contributed by atoms with Gasteiger partial charge in [0.05, 0.1) is 4.91 Å². The summed E-state index contributed by atoms with van der Waals surface area (Å²) in [5.74, 6) is -0.102. The Bertz CT molecular complexity index is 571. The molecule has 3 rings (SSSR count). The minimum Gasteiger partial charge on any atom is -0.351 e. The monoisotopic (exact) mass is 272 g/mol. The van der Waals surface area contributed by atoms with E-state index in [1.165, 1.54) is 30.2 Å². The van der Waals surface area contributed by atoms with Crippen LogP contribution < -0.4 is 0 Å². The average Bonchev–Trinajstić information content (AvgIpc) is 3.02. The normalized spacial score (nSPS) is 21.3. The summed E-state index contributed by atoms with van der Waals surface area (Å²) in [4.78, 5) is 19.1. The molecule has 0 bridgehead atoms. The Hall–Kier alpha value is -1.55. The Balaban J connectivity index is 1.81. The lowest BCUT2D eigenvalue weighted by atomic mass is 10.1. The molecular weight excluding hydrogens is 256 g/mol. The quantitative estimate of drug-likeness (QED) is 0.737. The standard InChI is InChI=1S/C15H16N2OS/c1-11-6-2-3-7-12(11)10-13-14(18)16-15(19-13)17-8-4-5-9-17/h2-3,6-7,10H,4-5,8-9H2,1H3/b13-10+. The van der Waals surface area contributed by atoms with Gasteiger partial charge in [-0.15, -0.1) is 0 Å². The van der Waals surface area contributed by atoms with E-state index >= 15 is 0 Å². The van der Waals surface area contributed by atoms with Crippen molar-refractivity contribution < 1.29 is 4.79 Å². The average molecular weight is 272 g/mol. The van der Waals surface area contributed by atoms with E-state index in [1.807, 2.05) is 24.3 Å². The molecule has 4 heteroatoms. The fourth-order valence-electron chi connectivity index (χ4n) is 2.33. The number of hydrogen-bond donors (Lipinski definition) is 0. The van der Waals surface area contributed by atoms with E-state index in [2.05, 4.69) is 22.9 Å². The molecule has 1 fully saturated rings. The number of aliphatic imine (C=N–C) groups is 1. The maximum absolute atomic E-state index is 12.0. The zero-order valence-electron chi connectivity index (χ0n) is 10.9. The second-order valence-corrected chi connectivity index (χ2v) is 5.87. The van der Waals surface area contributed by atoms with Crippen LogP contribution in [0.3, 0.4) is 0 Å². The van der Waals surface area contributed by atoms with Gasteiger partial charge < -0.3 is 4.90 Å². The molecule has 98 valence electrons. The number of amidine groups is 1. The van der Waals surface area contributed by atoms with Crippen LogP contribution in [-0.2, 0) is 4.79 Å². The van der Waals surface area contributed by atoms with Crippen molar-refractivity contribution in [2.24, 2.45) is 4.99 Å². The van der Waals surface area contributed by atoms with E-state index in [0.29, 0.717) is 0 Å². The van der Waals surface area contributed by atoms with Crippen LogP contribution in [0.4, 0.5) is 0 Å². The fraction of sp³-hybridized carbons (Fsp3) is 0.333. The number of carbonyl (C=O) groups is 1. The number of hydrogen-bond acceptors (Lipinski definition) is 3. The van der Waals surface area contributed by atoms with Gasteiger partial charge in [-0.2, -0.15) is 4.99 Å². The summed E-state index contributed by atoms with van der Waals surface area (Å²) >= 11 is 1.51. The number of rotatable bonds is 1. The second kappa shape index (κ2) is 5.21. The van der Waals surface area contributed by atoms with Crippen LogP contribution in [0, 0.1) is 6.92 Å². The molecule has 0 aromatic heterocycles. The summed E-state index contributed by atoms with van der Waals surface area (Å²) in [6.07, 6.45) is 4.35. The highest BCUT2D eigenvalue weighted by Gasteiger charge is 2.27. The molecule has 2 heterocycles. The zero-order valence-corrected chi connectivity index (χ0v) is 11.7. The van der Waals surface area contributed by atoms with Crippen LogP contribution in [-0.4, -0.2) is 29.1 Å². The van der Waals surface area contributed by atoms with Gasteiger partial charge in [0.15, 0.2) is 5.17 Å². The van der Waals surface area contributed by atoms with Crippen molar-refractivity contribution in [2.75, 3.05) is 13.1 Å². The third-order valence-corrected chi connectivity index (χ3v) is 4.51. The predicted octanol–water partition coefficient (Wildman–Crippen LogP) is 3.06. The lowest BCUT2D eigenvalue weighted by molar-refractivity contribution is -0.113. The number of amides is 1. The molecular formula is C15H16N2OS. The van der Waals surface area contributed by atoms with E-state index in [9.17, 15) is 4.79 Å². The van der Waals surface area contributed by atoms with Crippen molar-refractivity contribution in [1.29, 1.82) is 0 Å². The SMILES string of the molecule is Cc1ccccc1/C=C1/SC(N2CCCC2)=NC1=O. The van der Waals surface area contributed by atoms with Crippen LogP contribution in [0.25, 0.3) is 6.08 Å². The van der Waals surface area contributed by atoms with Gasteiger partial charge in [0.25, 0.3) is 5.91 Å². The molecule has 3 nitrogen and oxygen atoms in total. The Morgan fingerprint density at radius 3 is 2.74 bits per heavy atom. The second-order valence-electron chi connectivity index (χ2n) is 4.86. The van der Waals surface area contributed by atoms with Crippen LogP contribution in [0.2, 0.25) is 0 Å². The van der Waals surface area contributed by atoms with Gasteiger partial charge in [-0.25, -0.2) is 0 Å².